The van der Waals surface area contributed by atoms with Crippen LogP contribution in [0.5, 0.6) is 5.75 Å². The molecule has 2 aromatic carbocycles. The molecule has 0 aliphatic carbocycles. The molecule has 1 atom stereocenters. The summed E-state index contributed by atoms with van der Waals surface area (Å²) in [5, 5.41) is 5.93. The molecule has 0 aliphatic heterocycles. The molecule has 0 fully saturated rings. The van der Waals surface area contributed by atoms with Crippen molar-refractivity contribution in [1.29, 1.82) is 0 Å². The normalized spacial score (nSPS) is 12.8. The molecule has 2 rings (SSSR count). The Balaban J connectivity index is 2.07. The maximum Gasteiger partial charge on any atom is 0.120 e. The third-order valence-corrected chi connectivity index (χ3v) is 3.52. The minimum Gasteiger partial charge on any atom is -0.489 e. The second-order valence-electron chi connectivity index (χ2n) is 5.61. The number of nitrogens with one attached hydrogen (secondary N) is 1. The van der Waals surface area contributed by atoms with Crippen molar-refractivity contribution >= 4 is 10.8 Å². The summed E-state index contributed by atoms with van der Waals surface area (Å²) in [7, 11) is 0. The van der Waals surface area contributed by atoms with Gasteiger partial charge in [-0.15, -0.1) is 0 Å². The summed E-state index contributed by atoms with van der Waals surface area (Å²) in [6, 6.07) is 14.7. The topological polar surface area (TPSA) is 21.3 Å². The van der Waals surface area contributed by atoms with Crippen molar-refractivity contribution in [3.05, 3.63) is 42.5 Å². The second-order valence-corrected chi connectivity index (χ2v) is 5.61. The predicted molar refractivity (Wildman–Crippen MR) is 86.4 cm³/mol. The Morgan fingerprint density at radius 2 is 1.80 bits per heavy atom. The monoisotopic (exact) mass is 271 g/mol. The Morgan fingerprint density at radius 1 is 1.05 bits per heavy atom. The first-order chi connectivity index (χ1) is 9.70. The Morgan fingerprint density at radius 3 is 2.50 bits per heavy atom. The van der Waals surface area contributed by atoms with Gasteiger partial charge in [-0.3, -0.25) is 0 Å². The van der Waals surface area contributed by atoms with Crippen LogP contribution in [-0.2, 0) is 0 Å². The summed E-state index contributed by atoms with van der Waals surface area (Å²) in [5.74, 6) is 1.45. The van der Waals surface area contributed by atoms with E-state index in [1.807, 2.05) is 0 Å². The lowest BCUT2D eigenvalue weighted by molar-refractivity contribution is 0.149. The Hall–Kier alpha value is -1.54. The fourth-order valence-corrected chi connectivity index (χ4v) is 2.25. The number of benzene rings is 2. The lowest BCUT2D eigenvalue weighted by atomic mass is 10.1. The van der Waals surface area contributed by atoms with Crippen molar-refractivity contribution < 1.29 is 4.74 Å². The first-order valence-corrected chi connectivity index (χ1v) is 7.57. The molecule has 0 radical (unpaired) electrons. The van der Waals surface area contributed by atoms with E-state index in [0.29, 0.717) is 5.92 Å². The number of hydrogen-bond donors (Lipinski definition) is 1. The lowest BCUT2D eigenvalue weighted by Crippen LogP contribution is -2.35. The minimum atomic E-state index is 0.211. The summed E-state index contributed by atoms with van der Waals surface area (Å²) in [6.07, 6.45) is 1.36. The van der Waals surface area contributed by atoms with Gasteiger partial charge in [0, 0.05) is 6.54 Å². The van der Waals surface area contributed by atoms with Gasteiger partial charge in [-0.1, -0.05) is 51.1 Å². The van der Waals surface area contributed by atoms with Crippen molar-refractivity contribution in [2.24, 2.45) is 5.92 Å². The molecule has 0 saturated heterocycles. The quantitative estimate of drug-likeness (QED) is 0.760. The summed E-state index contributed by atoms with van der Waals surface area (Å²) in [5.41, 5.74) is 0. The van der Waals surface area contributed by atoms with Gasteiger partial charge >= 0.3 is 0 Å². The zero-order chi connectivity index (χ0) is 14.4. The van der Waals surface area contributed by atoms with Crippen LogP contribution < -0.4 is 10.1 Å². The van der Waals surface area contributed by atoms with Gasteiger partial charge < -0.3 is 10.1 Å². The average molecular weight is 271 g/mol. The summed E-state index contributed by atoms with van der Waals surface area (Å²) < 4.78 is 6.17. The van der Waals surface area contributed by atoms with Crippen molar-refractivity contribution in [2.75, 3.05) is 13.1 Å². The van der Waals surface area contributed by atoms with Gasteiger partial charge in [0.05, 0.1) is 0 Å². The number of hydrogen-bond acceptors (Lipinski definition) is 2. The molecule has 0 aromatic heterocycles. The van der Waals surface area contributed by atoms with E-state index in [9.17, 15) is 0 Å². The van der Waals surface area contributed by atoms with E-state index in [1.54, 1.807) is 0 Å². The van der Waals surface area contributed by atoms with Crippen LogP contribution in [0.3, 0.4) is 0 Å². The van der Waals surface area contributed by atoms with E-state index in [1.165, 1.54) is 10.8 Å². The van der Waals surface area contributed by atoms with Crippen LogP contribution in [0, 0.1) is 5.92 Å². The van der Waals surface area contributed by atoms with Gasteiger partial charge in [0.1, 0.15) is 11.9 Å². The van der Waals surface area contributed by atoms with Gasteiger partial charge in [0.25, 0.3) is 0 Å². The van der Waals surface area contributed by atoms with Crippen LogP contribution in [0.25, 0.3) is 10.8 Å². The molecule has 0 spiro atoms. The summed E-state index contributed by atoms with van der Waals surface area (Å²) in [4.78, 5) is 0. The van der Waals surface area contributed by atoms with E-state index in [2.05, 4.69) is 68.6 Å². The van der Waals surface area contributed by atoms with Crippen molar-refractivity contribution in [3.63, 3.8) is 0 Å². The molecule has 1 N–H and O–H groups in total. The average Bonchev–Trinajstić information content (AvgIpc) is 2.46. The van der Waals surface area contributed by atoms with Gasteiger partial charge in [-0.2, -0.15) is 0 Å². The fourth-order valence-electron chi connectivity index (χ4n) is 2.25. The molecule has 2 nitrogen and oxygen atoms in total. The molecule has 108 valence electrons. The molecule has 2 heteroatoms. The van der Waals surface area contributed by atoms with E-state index in [0.717, 1.165) is 25.3 Å². The third-order valence-electron chi connectivity index (χ3n) is 3.52. The Bertz CT molecular complexity index is 536. The molecule has 0 amide bonds. The molecule has 0 bridgehead atoms. The molecule has 0 aliphatic rings. The maximum absolute atomic E-state index is 6.17. The van der Waals surface area contributed by atoms with Crippen molar-refractivity contribution in [1.82, 2.24) is 5.32 Å². The molecular formula is C18H25NO. The van der Waals surface area contributed by atoms with Crippen LogP contribution in [0.4, 0.5) is 0 Å². The zero-order valence-corrected chi connectivity index (χ0v) is 12.7. The third kappa shape index (κ3) is 3.97. The van der Waals surface area contributed by atoms with Crippen LogP contribution in [0.15, 0.2) is 42.5 Å². The highest BCUT2D eigenvalue weighted by atomic mass is 16.5. The first-order valence-electron chi connectivity index (χ1n) is 7.57. The van der Waals surface area contributed by atoms with Gasteiger partial charge in [-0.05, 0) is 41.8 Å². The number of fused-ring (bicyclic) bond motifs is 1. The molecule has 1 unspecified atom stereocenters. The highest BCUT2D eigenvalue weighted by molar-refractivity contribution is 5.83. The van der Waals surface area contributed by atoms with E-state index in [4.69, 9.17) is 4.74 Å². The minimum absolute atomic E-state index is 0.211. The largest absolute Gasteiger partial charge is 0.489 e. The molecular weight excluding hydrogens is 246 g/mol. The van der Waals surface area contributed by atoms with E-state index < -0.39 is 0 Å². The van der Waals surface area contributed by atoms with Gasteiger partial charge in [0.15, 0.2) is 0 Å². The van der Waals surface area contributed by atoms with E-state index in [-0.39, 0.29) is 6.10 Å². The molecule has 0 saturated carbocycles. The van der Waals surface area contributed by atoms with Crippen LogP contribution in [-0.4, -0.2) is 19.2 Å². The summed E-state index contributed by atoms with van der Waals surface area (Å²) >= 11 is 0. The van der Waals surface area contributed by atoms with Gasteiger partial charge in [-0.25, -0.2) is 0 Å². The SMILES string of the molecule is CCCNCC(Oc1ccc2ccccc2c1)C(C)C. The number of rotatable bonds is 7. The fraction of sp³-hybridized carbons (Fsp3) is 0.444. The highest BCUT2D eigenvalue weighted by Crippen LogP contribution is 2.22. The highest BCUT2D eigenvalue weighted by Gasteiger charge is 2.14. The van der Waals surface area contributed by atoms with Crippen molar-refractivity contribution in [2.45, 2.75) is 33.3 Å². The molecule has 20 heavy (non-hydrogen) atoms. The van der Waals surface area contributed by atoms with Crippen LogP contribution in [0.1, 0.15) is 27.2 Å². The smallest absolute Gasteiger partial charge is 0.120 e. The lowest BCUT2D eigenvalue weighted by Gasteiger charge is -2.23. The Labute approximate surface area is 122 Å². The van der Waals surface area contributed by atoms with Crippen LogP contribution in [0.2, 0.25) is 0 Å². The standard InChI is InChI=1S/C18H25NO/c1-4-11-19-13-18(14(2)3)20-17-10-9-15-7-5-6-8-16(15)12-17/h5-10,12,14,18-19H,4,11,13H2,1-3H3. The van der Waals surface area contributed by atoms with Crippen LogP contribution >= 0.6 is 0 Å². The number of ether oxygens (including phenoxy) is 1. The van der Waals surface area contributed by atoms with E-state index >= 15 is 0 Å². The molecule has 0 heterocycles. The van der Waals surface area contributed by atoms with Gasteiger partial charge in [0.2, 0.25) is 0 Å². The predicted octanol–water partition coefficient (Wildman–Crippen LogP) is 4.24. The molecule has 2 aromatic rings. The summed E-state index contributed by atoms with van der Waals surface area (Å²) in [6.45, 7) is 8.54. The van der Waals surface area contributed by atoms with Crippen molar-refractivity contribution in [3.8, 4) is 5.75 Å². The second kappa shape index (κ2) is 7.30. The first kappa shape index (κ1) is 14.9. The zero-order valence-electron chi connectivity index (χ0n) is 12.7. The Kier molecular flexibility index (Phi) is 5.42. The maximum atomic E-state index is 6.17.